The molecule has 0 spiro atoms. The van der Waals surface area contributed by atoms with Gasteiger partial charge in [0.05, 0.1) is 12.2 Å². The summed E-state index contributed by atoms with van der Waals surface area (Å²) in [6, 6.07) is 11.3. The molecule has 4 nitrogen and oxygen atoms in total. The summed E-state index contributed by atoms with van der Waals surface area (Å²) < 4.78 is 5.19. The number of nitrogens with zero attached hydrogens (tertiary/aromatic N) is 2. The summed E-state index contributed by atoms with van der Waals surface area (Å²) in [5.74, 6) is -0.289. The summed E-state index contributed by atoms with van der Waals surface area (Å²) in [6.07, 6.45) is -0.606. The minimum absolute atomic E-state index is 0.190. The zero-order valence-corrected chi connectivity index (χ0v) is 13.5. The van der Waals surface area contributed by atoms with Crippen LogP contribution < -0.4 is 0 Å². The van der Waals surface area contributed by atoms with Gasteiger partial charge in [-0.25, -0.2) is 4.79 Å². The van der Waals surface area contributed by atoms with Crippen LogP contribution in [0.1, 0.15) is 32.3 Å². The monoisotopic (exact) mass is 308 g/mol. The molecule has 0 aliphatic heterocycles. The molecule has 0 aromatic heterocycles. The maximum absolute atomic E-state index is 12.0. The van der Waals surface area contributed by atoms with Crippen molar-refractivity contribution >= 4 is 17.7 Å². The molecule has 21 heavy (non-hydrogen) atoms. The summed E-state index contributed by atoms with van der Waals surface area (Å²) in [4.78, 5) is 13.5. The van der Waals surface area contributed by atoms with Crippen molar-refractivity contribution in [2.45, 2.75) is 44.2 Å². The second kappa shape index (κ2) is 7.90. The first kappa shape index (κ1) is 17.3. The third-order valence-electron chi connectivity index (χ3n) is 3.38. The van der Waals surface area contributed by atoms with Crippen LogP contribution in [0.4, 0.5) is 4.79 Å². The predicted octanol–water partition coefficient (Wildman–Crippen LogP) is 3.77. The topological polar surface area (TPSA) is 53.3 Å². The number of hydrogen-bond donors (Lipinski definition) is 0. The molecule has 1 aromatic carbocycles. The Morgan fingerprint density at radius 2 is 1.86 bits per heavy atom. The summed E-state index contributed by atoms with van der Waals surface area (Å²) in [6.45, 7) is 5.46. The lowest BCUT2D eigenvalue weighted by Crippen LogP contribution is -2.42. The predicted molar refractivity (Wildman–Crippen MR) is 83.3 cm³/mol. The van der Waals surface area contributed by atoms with Crippen molar-refractivity contribution in [3.05, 3.63) is 35.9 Å². The number of likely N-dealkylation sites (N-methyl/N-ethyl adjacent to an activating group) is 1. The highest BCUT2D eigenvalue weighted by atomic mass is 35.5. The van der Waals surface area contributed by atoms with E-state index in [1.165, 1.54) is 4.90 Å². The van der Waals surface area contributed by atoms with Gasteiger partial charge in [-0.3, -0.25) is 0 Å². The standard InChI is InChI=1S/C16H21ClN2O2/c1-11(2)21-16(20)19(4)12(3)15(14(17)10-18)13-8-6-5-7-9-13/h5-9,11-12,14-15H,1-4H3/t12-,14-,15-/m1/s1. The Morgan fingerprint density at radius 3 is 2.33 bits per heavy atom. The Labute approximate surface area is 131 Å². The Morgan fingerprint density at radius 1 is 1.29 bits per heavy atom. The first-order valence-corrected chi connectivity index (χ1v) is 7.34. The van der Waals surface area contributed by atoms with Crippen LogP contribution in [0.25, 0.3) is 0 Å². The highest BCUT2D eigenvalue weighted by Crippen LogP contribution is 2.30. The fourth-order valence-electron chi connectivity index (χ4n) is 2.14. The van der Waals surface area contributed by atoms with Gasteiger partial charge < -0.3 is 9.64 Å². The lowest BCUT2D eigenvalue weighted by Gasteiger charge is -2.32. The van der Waals surface area contributed by atoms with Crippen LogP contribution in [-0.2, 0) is 4.74 Å². The van der Waals surface area contributed by atoms with E-state index in [1.54, 1.807) is 20.9 Å². The summed E-state index contributed by atoms with van der Waals surface area (Å²) in [5, 5.41) is 8.44. The molecule has 1 aromatic rings. The number of alkyl halides is 1. The molecule has 0 aliphatic carbocycles. The van der Waals surface area contributed by atoms with Gasteiger partial charge in [-0.05, 0) is 26.3 Å². The van der Waals surface area contributed by atoms with E-state index >= 15 is 0 Å². The van der Waals surface area contributed by atoms with Gasteiger partial charge >= 0.3 is 6.09 Å². The van der Waals surface area contributed by atoms with E-state index in [-0.39, 0.29) is 18.1 Å². The van der Waals surface area contributed by atoms with Gasteiger partial charge in [0, 0.05) is 19.0 Å². The van der Waals surface area contributed by atoms with Crippen molar-refractivity contribution < 1.29 is 9.53 Å². The molecule has 1 amide bonds. The van der Waals surface area contributed by atoms with Crippen LogP contribution in [0.5, 0.6) is 0 Å². The van der Waals surface area contributed by atoms with Crippen LogP contribution in [0, 0.1) is 11.3 Å². The molecule has 0 unspecified atom stereocenters. The van der Waals surface area contributed by atoms with E-state index in [2.05, 4.69) is 6.07 Å². The Balaban J connectivity index is 2.99. The van der Waals surface area contributed by atoms with Crippen LogP contribution in [0.3, 0.4) is 0 Å². The van der Waals surface area contributed by atoms with E-state index in [0.29, 0.717) is 0 Å². The van der Waals surface area contributed by atoms with Gasteiger partial charge in [0.1, 0.15) is 5.38 Å². The van der Waals surface area contributed by atoms with Gasteiger partial charge in [0.25, 0.3) is 0 Å². The van der Waals surface area contributed by atoms with Gasteiger partial charge in [-0.15, -0.1) is 11.6 Å². The summed E-state index contributed by atoms with van der Waals surface area (Å²) >= 11 is 6.18. The van der Waals surface area contributed by atoms with Crippen molar-refractivity contribution in [1.29, 1.82) is 5.26 Å². The minimum Gasteiger partial charge on any atom is -0.447 e. The number of carbonyl (C=O) groups is 1. The number of ether oxygens (including phenoxy) is 1. The third-order valence-corrected chi connectivity index (χ3v) is 3.75. The number of hydrogen-bond acceptors (Lipinski definition) is 3. The number of halogens is 1. The molecule has 0 bridgehead atoms. The maximum atomic E-state index is 12.0. The fourth-order valence-corrected chi connectivity index (χ4v) is 2.50. The Hall–Kier alpha value is -1.73. The summed E-state index contributed by atoms with van der Waals surface area (Å²) in [7, 11) is 1.66. The first-order chi connectivity index (χ1) is 9.88. The molecule has 0 saturated heterocycles. The molecular weight excluding hydrogens is 288 g/mol. The second-order valence-electron chi connectivity index (χ2n) is 5.25. The molecule has 0 fully saturated rings. The van der Waals surface area contributed by atoms with Crippen LogP contribution >= 0.6 is 11.6 Å². The van der Waals surface area contributed by atoms with Crippen molar-refractivity contribution in [2.75, 3.05) is 7.05 Å². The molecule has 0 radical (unpaired) electrons. The Kier molecular flexibility index (Phi) is 6.51. The SMILES string of the molecule is CC(C)OC(=O)N(C)[C@H](C)[C@H](c1ccccc1)[C@H](Cl)C#N. The molecule has 3 atom stereocenters. The van der Waals surface area contributed by atoms with E-state index in [4.69, 9.17) is 21.6 Å². The van der Waals surface area contributed by atoms with Gasteiger partial charge in [0.15, 0.2) is 0 Å². The van der Waals surface area contributed by atoms with Crippen LogP contribution in [-0.4, -0.2) is 35.6 Å². The zero-order chi connectivity index (χ0) is 16.0. The highest BCUT2D eigenvalue weighted by molar-refractivity contribution is 6.22. The van der Waals surface area contributed by atoms with E-state index in [0.717, 1.165) is 5.56 Å². The van der Waals surface area contributed by atoms with E-state index < -0.39 is 11.5 Å². The Bertz CT molecular complexity index is 499. The molecular formula is C16H21ClN2O2. The van der Waals surface area contributed by atoms with Crippen molar-refractivity contribution in [1.82, 2.24) is 4.90 Å². The van der Waals surface area contributed by atoms with Crippen molar-refractivity contribution in [2.24, 2.45) is 0 Å². The van der Waals surface area contributed by atoms with Gasteiger partial charge in [-0.2, -0.15) is 5.26 Å². The average Bonchev–Trinajstić information content (AvgIpc) is 2.46. The lowest BCUT2D eigenvalue weighted by molar-refractivity contribution is 0.0710. The lowest BCUT2D eigenvalue weighted by atomic mass is 9.89. The van der Waals surface area contributed by atoms with Crippen LogP contribution in [0.15, 0.2) is 30.3 Å². The zero-order valence-electron chi connectivity index (χ0n) is 12.8. The molecule has 0 aliphatic rings. The molecule has 0 N–H and O–H groups in total. The molecule has 0 heterocycles. The molecule has 5 heteroatoms. The highest BCUT2D eigenvalue weighted by Gasteiger charge is 2.32. The smallest absolute Gasteiger partial charge is 0.410 e. The number of nitriles is 1. The van der Waals surface area contributed by atoms with E-state index in [1.807, 2.05) is 37.3 Å². The quantitative estimate of drug-likeness (QED) is 0.778. The minimum atomic E-state index is -0.725. The maximum Gasteiger partial charge on any atom is 0.410 e. The normalized spacial score (nSPS) is 14.9. The number of carbonyl (C=O) groups excluding carboxylic acids is 1. The first-order valence-electron chi connectivity index (χ1n) is 6.90. The van der Waals surface area contributed by atoms with E-state index in [9.17, 15) is 4.79 Å². The fraction of sp³-hybridized carbons (Fsp3) is 0.500. The number of amides is 1. The molecule has 114 valence electrons. The molecule has 1 rings (SSSR count). The van der Waals surface area contributed by atoms with Gasteiger partial charge in [0.2, 0.25) is 0 Å². The second-order valence-corrected chi connectivity index (χ2v) is 5.72. The largest absolute Gasteiger partial charge is 0.447 e. The number of benzene rings is 1. The van der Waals surface area contributed by atoms with Crippen molar-refractivity contribution in [3.8, 4) is 6.07 Å². The average molecular weight is 309 g/mol. The van der Waals surface area contributed by atoms with Gasteiger partial charge in [-0.1, -0.05) is 30.3 Å². The number of rotatable bonds is 5. The summed E-state index contributed by atoms with van der Waals surface area (Å²) in [5.41, 5.74) is 0.927. The third kappa shape index (κ3) is 4.64. The molecule has 0 saturated carbocycles. The van der Waals surface area contributed by atoms with Crippen LogP contribution in [0.2, 0.25) is 0 Å². The van der Waals surface area contributed by atoms with Crippen molar-refractivity contribution in [3.63, 3.8) is 0 Å².